The molecule has 1 N–H and O–H groups in total. The van der Waals surface area contributed by atoms with Gasteiger partial charge in [0.1, 0.15) is 12.6 Å². The number of nitrogens with zero attached hydrogens (tertiary/aromatic N) is 2. The molecule has 0 spiro atoms. The molecule has 0 saturated carbocycles. The Labute approximate surface area is 249 Å². The maximum absolute atomic E-state index is 14.2. The minimum atomic E-state index is -4.12. The van der Waals surface area contributed by atoms with Crippen LogP contribution in [-0.2, 0) is 26.2 Å². The fraction of sp³-hybridized carbons (Fsp3) is 0.375. The van der Waals surface area contributed by atoms with Crippen LogP contribution in [0.3, 0.4) is 0 Å². The Morgan fingerprint density at radius 2 is 1.49 bits per heavy atom. The van der Waals surface area contributed by atoms with Crippen LogP contribution in [0.15, 0.2) is 71.6 Å². The first-order valence-electron chi connectivity index (χ1n) is 13.9. The molecule has 2 atom stereocenters. The average molecular weight is 598 g/mol. The SMILES string of the molecule is CC[C@@H](C)NC(=O)[C@H](CC)N(Cc1ccc(Cl)cc1)C(=O)CN(c1cc(C)ccc1C)S(=O)(=O)c1ccc(C)cc1. The van der Waals surface area contributed by atoms with E-state index in [2.05, 4.69) is 5.32 Å². The summed E-state index contributed by atoms with van der Waals surface area (Å²) >= 11 is 6.09. The number of aryl methyl sites for hydroxylation is 3. The van der Waals surface area contributed by atoms with Gasteiger partial charge in [-0.05, 0) is 87.6 Å². The first-order valence-corrected chi connectivity index (χ1v) is 15.7. The van der Waals surface area contributed by atoms with E-state index in [1.54, 1.807) is 54.6 Å². The third kappa shape index (κ3) is 8.11. The highest BCUT2D eigenvalue weighted by molar-refractivity contribution is 7.92. The Morgan fingerprint density at radius 3 is 2.07 bits per heavy atom. The van der Waals surface area contributed by atoms with Crippen LogP contribution in [-0.4, -0.2) is 43.8 Å². The van der Waals surface area contributed by atoms with Crippen molar-refractivity contribution in [2.45, 2.75) is 77.9 Å². The Bertz CT molecular complexity index is 1460. The maximum Gasteiger partial charge on any atom is 0.264 e. The van der Waals surface area contributed by atoms with E-state index in [0.717, 1.165) is 27.4 Å². The lowest BCUT2D eigenvalue weighted by molar-refractivity contribution is -0.140. The molecule has 0 saturated heterocycles. The van der Waals surface area contributed by atoms with Crippen LogP contribution in [0.25, 0.3) is 0 Å². The van der Waals surface area contributed by atoms with E-state index in [1.165, 1.54) is 4.90 Å². The van der Waals surface area contributed by atoms with Gasteiger partial charge in [0.15, 0.2) is 0 Å². The van der Waals surface area contributed by atoms with Crippen molar-refractivity contribution in [1.82, 2.24) is 10.2 Å². The lowest BCUT2D eigenvalue weighted by atomic mass is 10.1. The van der Waals surface area contributed by atoms with Crippen LogP contribution in [0.5, 0.6) is 0 Å². The molecule has 3 rings (SSSR count). The first kappa shape index (κ1) is 32.2. The zero-order valence-corrected chi connectivity index (χ0v) is 26.2. The van der Waals surface area contributed by atoms with E-state index >= 15 is 0 Å². The molecule has 0 fully saturated rings. The topological polar surface area (TPSA) is 86.8 Å². The van der Waals surface area contributed by atoms with Crippen molar-refractivity contribution >= 4 is 39.1 Å². The molecule has 41 heavy (non-hydrogen) atoms. The third-order valence-electron chi connectivity index (χ3n) is 7.17. The zero-order chi connectivity index (χ0) is 30.3. The Morgan fingerprint density at radius 1 is 0.878 bits per heavy atom. The largest absolute Gasteiger partial charge is 0.352 e. The number of rotatable bonds is 12. The summed E-state index contributed by atoms with van der Waals surface area (Å²) in [4.78, 5) is 29.1. The molecular formula is C32H40ClN3O4S. The average Bonchev–Trinajstić information content (AvgIpc) is 2.94. The molecule has 3 aromatic rings. The summed E-state index contributed by atoms with van der Waals surface area (Å²) in [6, 6.07) is 18.3. The van der Waals surface area contributed by atoms with E-state index < -0.39 is 28.5 Å². The summed E-state index contributed by atoms with van der Waals surface area (Å²) in [5, 5.41) is 3.54. The van der Waals surface area contributed by atoms with Crippen molar-refractivity contribution < 1.29 is 18.0 Å². The van der Waals surface area contributed by atoms with Gasteiger partial charge >= 0.3 is 0 Å². The van der Waals surface area contributed by atoms with Gasteiger partial charge in [0.05, 0.1) is 10.6 Å². The summed E-state index contributed by atoms with van der Waals surface area (Å²) in [5.41, 5.74) is 3.69. The number of carbonyl (C=O) groups is 2. The van der Waals surface area contributed by atoms with E-state index in [4.69, 9.17) is 11.6 Å². The molecule has 0 unspecified atom stereocenters. The lowest BCUT2D eigenvalue weighted by Crippen LogP contribution is -2.53. The second-order valence-electron chi connectivity index (χ2n) is 10.5. The van der Waals surface area contributed by atoms with Gasteiger partial charge in [0.2, 0.25) is 11.8 Å². The van der Waals surface area contributed by atoms with Crippen molar-refractivity contribution in [3.63, 3.8) is 0 Å². The fourth-order valence-electron chi connectivity index (χ4n) is 4.49. The number of sulfonamides is 1. The summed E-state index contributed by atoms with van der Waals surface area (Å²) in [6.45, 7) is 10.9. The quantitative estimate of drug-likeness (QED) is 0.270. The number of hydrogen-bond acceptors (Lipinski definition) is 4. The molecule has 9 heteroatoms. The molecule has 0 bridgehead atoms. The summed E-state index contributed by atoms with van der Waals surface area (Å²) in [6.07, 6.45) is 1.10. The van der Waals surface area contributed by atoms with Crippen molar-refractivity contribution in [3.05, 3.63) is 94.0 Å². The van der Waals surface area contributed by atoms with Gasteiger partial charge in [-0.25, -0.2) is 8.42 Å². The molecule has 0 heterocycles. The fourth-order valence-corrected chi connectivity index (χ4v) is 6.08. The number of hydrogen-bond donors (Lipinski definition) is 1. The van der Waals surface area contributed by atoms with E-state index in [-0.39, 0.29) is 23.4 Å². The number of carbonyl (C=O) groups excluding carboxylic acids is 2. The van der Waals surface area contributed by atoms with E-state index in [0.29, 0.717) is 22.7 Å². The molecular weight excluding hydrogens is 558 g/mol. The van der Waals surface area contributed by atoms with Crippen molar-refractivity contribution in [1.29, 1.82) is 0 Å². The molecule has 0 aliphatic carbocycles. The number of benzene rings is 3. The van der Waals surface area contributed by atoms with Crippen LogP contribution in [0.1, 0.15) is 55.9 Å². The molecule has 0 aliphatic rings. The number of nitrogens with one attached hydrogen (secondary N) is 1. The molecule has 0 radical (unpaired) electrons. The summed E-state index contributed by atoms with van der Waals surface area (Å²) in [5.74, 6) is -0.758. The second kappa shape index (κ2) is 14.0. The predicted molar refractivity (Wildman–Crippen MR) is 166 cm³/mol. The van der Waals surface area contributed by atoms with Gasteiger partial charge in [-0.2, -0.15) is 0 Å². The van der Waals surface area contributed by atoms with Gasteiger partial charge in [0.25, 0.3) is 10.0 Å². The van der Waals surface area contributed by atoms with Gasteiger partial charge < -0.3 is 10.2 Å². The number of amides is 2. The Hall–Kier alpha value is -3.36. The van der Waals surface area contributed by atoms with Gasteiger partial charge in [-0.3, -0.25) is 13.9 Å². The lowest BCUT2D eigenvalue weighted by Gasteiger charge is -2.34. The number of halogens is 1. The highest BCUT2D eigenvalue weighted by Crippen LogP contribution is 2.29. The van der Waals surface area contributed by atoms with Crippen molar-refractivity contribution in [3.8, 4) is 0 Å². The summed E-state index contributed by atoms with van der Waals surface area (Å²) < 4.78 is 29.3. The molecule has 220 valence electrons. The minimum absolute atomic E-state index is 0.0719. The zero-order valence-electron chi connectivity index (χ0n) is 24.6. The van der Waals surface area contributed by atoms with Crippen LogP contribution in [0, 0.1) is 20.8 Å². The standard InChI is InChI=1S/C32H40ClN3O4S/c1-7-25(6)34-32(38)29(8-2)35(20-26-13-15-27(33)16-14-26)31(37)21-36(30-19-23(4)9-12-24(30)5)41(39,40)28-17-10-22(3)11-18-28/h9-19,25,29H,7-8,20-21H2,1-6H3,(H,34,38)/t25-,29+/m1/s1. The third-order valence-corrected chi connectivity index (χ3v) is 9.20. The van der Waals surface area contributed by atoms with E-state index in [9.17, 15) is 18.0 Å². The van der Waals surface area contributed by atoms with Crippen molar-refractivity contribution in [2.24, 2.45) is 0 Å². The molecule has 0 aromatic heterocycles. The Kier molecular flexibility index (Phi) is 11.0. The Balaban J connectivity index is 2.10. The van der Waals surface area contributed by atoms with Crippen molar-refractivity contribution in [2.75, 3.05) is 10.8 Å². The molecule has 2 amide bonds. The molecule has 0 aliphatic heterocycles. The minimum Gasteiger partial charge on any atom is -0.352 e. The smallest absolute Gasteiger partial charge is 0.264 e. The monoisotopic (exact) mass is 597 g/mol. The molecule has 7 nitrogen and oxygen atoms in total. The van der Waals surface area contributed by atoms with Gasteiger partial charge in [0, 0.05) is 17.6 Å². The maximum atomic E-state index is 14.2. The normalized spacial score (nSPS) is 12.9. The molecule has 3 aromatic carbocycles. The predicted octanol–water partition coefficient (Wildman–Crippen LogP) is 6.18. The van der Waals surface area contributed by atoms with Crippen LogP contribution >= 0.6 is 11.6 Å². The summed E-state index contributed by atoms with van der Waals surface area (Å²) in [7, 11) is -4.12. The van der Waals surface area contributed by atoms with Gasteiger partial charge in [-0.1, -0.05) is 67.4 Å². The first-order chi connectivity index (χ1) is 19.4. The second-order valence-corrected chi connectivity index (χ2v) is 12.8. The highest BCUT2D eigenvalue weighted by Gasteiger charge is 2.34. The van der Waals surface area contributed by atoms with Gasteiger partial charge in [-0.15, -0.1) is 0 Å². The van der Waals surface area contributed by atoms with Crippen LogP contribution in [0.2, 0.25) is 5.02 Å². The van der Waals surface area contributed by atoms with Crippen LogP contribution < -0.4 is 9.62 Å². The number of anilines is 1. The highest BCUT2D eigenvalue weighted by atomic mass is 35.5. The van der Waals surface area contributed by atoms with Crippen LogP contribution in [0.4, 0.5) is 5.69 Å². The van der Waals surface area contributed by atoms with E-state index in [1.807, 2.05) is 53.7 Å².